The van der Waals surface area contributed by atoms with E-state index in [2.05, 4.69) is 5.16 Å². The molecule has 2 aromatic rings. The number of ether oxygens (including phenoxy) is 4. The van der Waals surface area contributed by atoms with Crippen LogP contribution in [-0.4, -0.2) is 39.6 Å². The molecule has 0 amide bonds. The van der Waals surface area contributed by atoms with Crippen molar-refractivity contribution in [2.75, 3.05) is 27.9 Å². The van der Waals surface area contributed by atoms with Crippen molar-refractivity contribution in [3.63, 3.8) is 0 Å². The Balaban J connectivity index is 2.11. The molecule has 2 aromatic carbocycles. The molecule has 3 rings (SSSR count). The molecule has 0 spiro atoms. The van der Waals surface area contributed by atoms with Gasteiger partial charge < -0.3 is 23.8 Å². The number of hydrogen-bond donors (Lipinski definition) is 0. The van der Waals surface area contributed by atoms with Crippen LogP contribution in [0.1, 0.15) is 24.2 Å². The number of methoxy groups -OCH3 is 3. The van der Waals surface area contributed by atoms with Crippen molar-refractivity contribution in [1.82, 2.24) is 0 Å². The molecule has 1 aliphatic rings. The number of oxime groups is 1. The first kappa shape index (κ1) is 19.5. The fourth-order valence-corrected chi connectivity index (χ4v) is 3.20. The Hall–Kier alpha value is -3.22. The summed E-state index contributed by atoms with van der Waals surface area (Å²) in [6.45, 7) is 2.01. The highest BCUT2D eigenvalue weighted by atomic mass is 16.6. The molecule has 1 aliphatic heterocycles. The van der Waals surface area contributed by atoms with E-state index in [1.54, 1.807) is 26.2 Å². The highest BCUT2D eigenvalue weighted by Gasteiger charge is 2.44. The van der Waals surface area contributed by atoms with E-state index in [-0.39, 0.29) is 6.61 Å². The van der Waals surface area contributed by atoms with E-state index in [1.165, 1.54) is 14.2 Å². The van der Waals surface area contributed by atoms with Crippen molar-refractivity contribution < 1.29 is 28.6 Å². The van der Waals surface area contributed by atoms with Gasteiger partial charge in [-0.25, -0.2) is 0 Å². The molecule has 1 heterocycles. The molecule has 0 fully saturated rings. The average Bonchev–Trinajstić information content (AvgIpc) is 3.18. The Labute approximate surface area is 163 Å². The van der Waals surface area contributed by atoms with Gasteiger partial charge in [-0.05, 0) is 12.5 Å². The van der Waals surface area contributed by atoms with Crippen molar-refractivity contribution in [2.45, 2.75) is 13.0 Å². The molecule has 28 heavy (non-hydrogen) atoms. The lowest BCUT2D eigenvalue weighted by Gasteiger charge is -2.20. The zero-order chi connectivity index (χ0) is 20.1. The first-order chi connectivity index (χ1) is 13.6. The minimum Gasteiger partial charge on any atom is -0.496 e. The Morgan fingerprint density at radius 2 is 1.68 bits per heavy atom. The molecule has 2 atom stereocenters. The van der Waals surface area contributed by atoms with Gasteiger partial charge >= 0.3 is 5.97 Å². The van der Waals surface area contributed by atoms with Crippen LogP contribution in [0.5, 0.6) is 17.2 Å². The molecule has 0 aliphatic carbocycles. The number of carbonyl (C=O) groups excluding carboxylic acids is 1. The number of nitrogens with zero attached hydrogens (tertiary/aromatic N) is 1. The first-order valence-electron chi connectivity index (χ1n) is 8.90. The molecular formula is C21H23NO6. The van der Waals surface area contributed by atoms with E-state index in [0.29, 0.717) is 28.5 Å². The minimum absolute atomic E-state index is 0.251. The quantitative estimate of drug-likeness (QED) is 0.680. The minimum atomic E-state index is -0.765. The average molecular weight is 385 g/mol. The molecule has 0 aromatic heterocycles. The maximum atomic E-state index is 12.8. The van der Waals surface area contributed by atoms with Gasteiger partial charge in [-0.3, -0.25) is 4.79 Å². The lowest BCUT2D eigenvalue weighted by atomic mass is 9.88. The van der Waals surface area contributed by atoms with Crippen LogP contribution in [0, 0.1) is 5.92 Å². The summed E-state index contributed by atoms with van der Waals surface area (Å²) >= 11 is 0. The van der Waals surface area contributed by atoms with Crippen LogP contribution in [0.2, 0.25) is 0 Å². The molecule has 0 unspecified atom stereocenters. The van der Waals surface area contributed by atoms with Crippen molar-refractivity contribution in [2.24, 2.45) is 11.1 Å². The highest BCUT2D eigenvalue weighted by Crippen LogP contribution is 2.42. The first-order valence-corrected chi connectivity index (χ1v) is 8.90. The van der Waals surface area contributed by atoms with E-state index >= 15 is 0 Å². The lowest BCUT2D eigenvalue weighted by Crippen LogP contribution is -2.29. The van der Waals surface area contributed by atoms with Crippen LogP contribution in [0.3, 0.4) is 0 Å². The second-order valence-electron chi connectivity index (χ2n) is 6.05. The summed E-state index contributed by atoms with van der Waals surface area (Å²) in [7, 11) is 4.61. The zero-order valence-corrected chi connectivity index (χ0v) is 16.3. The molecule has 0 radical (unpaired) electrons. The Bertz CT molecular complexity index is 839. The van der Waals surface area contributed by atoms with Crippen LogP contribution in [0.4, 0.5) is 0 Å². The number of hydrogen-bond acceptors (Lipinski definition) is 7. The zero-order valence-electron chi connectivity index (χ0n) is 16.3. The van der Waals surface area contributed by atoms with Crippen LogP contribution in [0.25, 0.3) is 0 Å². The van der Waals surface area contributed by atoms with Gasteiger partial charge in [-0.1, -0.05) is 35.5 Å². The summed E-state index contributed by atoms with van der Waals surface area (Å²) in [5.41, 5.74) is 1.75. The van der Waals surface area contributed by atoms with Gasteiger partial charge in [-0.15, -0.1) is 0 Å². The predicted molar refractivity (Wildman–Crippen MR) is 103 cm³/mol. The standard InChI is InChI=1S/C21H23NO6/c1-5-27-21(23)18-19(22-28-20(18)13-9-7-6-8-10-13)17-15(25-3)11-14(24-2)12-16(17)26-4/h6-12,18,20H,5H2,1-4H3/t18-,20+/m1/s1. The van der Waals surface area contributed by atoms with E-state index in [0.717, 1.165) is 5.56 Å². The molecule has 0 bridgehead atoms. The molecular weight excluding hydrogens is 362 g/mol. The predicted octanol–water partition coefficient (Wildman–Crippen LogP) is 3.37. The fourth-order valence-electron chi connectivity index (χ4n) is 3.20. The maximum Gasteiger partial charge on any atom is 0.319 e. The molecule has 7 heteroatoms. The number of carbonyl (C=O) groups is 1. The van der Waals surface area contributed by atoms with E-state index in [1.807, 2.05) is 30.3 Å². The summed E-state index contributed by atoms with van der Waals surface area (Å²) in [4.78, 5) is 18.5. The van der Waals surface area contributed by atoms with Crippen LogP contribution < -0.4 is 14.2 Å². The van der Waals surface area contributed by atoms with E-state index < -0.39 is 18.0 Å². The second-order valence-corrected chi connectivity index (χ2v) is 6.05. The van der Waals surface area contributed by atoms with Gasteiger partial charge in [-0.2, -0.15) is 0 Å². The second kappa shape index (κ2) is 8.65. The third-order valence-electron chi connectivity index (χ3n) is 4.50. The number of esters is 1. The van der Waals surface area contributed by atoms with Gasteiger partial charge in [0.25, 0.3) is 0 Å². The summed E-state index contributed by atoms with van der Waals surface area (Å²) in [6, 6.07) is 12.8. The van der Waals surface area contributed by atoms with Gasteiger partial charge in [0.1, 0.15) is 28.9 Å². The van der Waals surface area contributed by atoms with Crippen molar-refractivity contribution >= 4 is 11.7 Å². The smallest absolute Gasteiger partial charge is 0.319 e. The molecule has 7 nitrogen and oxygen atoms in total. The fraction of sp³-hybridized carbons (Fsp3) is 0.333. The van der Waals surface area contributed by atoms with Gasteiger partial charge in [0.15, 0.2) is 6.10 Å². The third kappa shape index (κ3) is 3.60. The van der Waals surface area contributed by atoms with Crippen LogP contribution >= 0.6 is 0 Å². The van der Waals surface area contributed by atoms with Crippen molar-refractivity contribution in [3.8, 4) is 17.2 Å². The Morgan fingerprint density at radius 3 is 2.21 bits per heavy atom. The molecule has 0 N–H and O–H groups in total. The van der Waals surface area contributed by atoms with E-state index in [4.69, 9.17) is 23.8 Å². The topological polar surface area (TPSA) is 75.6 Å². The lowest BCUT2D eigenvalue weighted by molar-refractivity contribution is -0.148. The monoisotopic (exact) mass is 385 g/mol. The van der Waals surface area contributed by atoms with Crippen molar-refractivity contribution in [3.05, 3.63) is 53.6 Å². The number of benzene rings is 2. The Morgan fingerprint density at radius 1 is 1.04 bits per heavy atom. The third-order valence-corrected chi connectivity index (χ3v) is 4.50. The normalized spacial score (nSPS) is 18.1. The van der Waals surface area contributed by atoms with Gasteiger partial charge in [0.2, 0.25) is 0 Å². The molecule has 0 saturated carbocycles. The Kier molecular flexibility index (Phi) is 6.03. The SMILES string of the molecule is CCOC(=O)[C@@H]1C(c2c(OC)cc(OC)cc2OC)=NO[C@H]1c1ccccc1. The van der Waals surface area contributed by atoms with Gasteiger partial charge in [0, 0.05) is 12.1 Å². The molecule has 148 valence electrons. The molecule has 0 saturated heterocycles. The summed E-state index contributed by atoms with van der Waals surface area (Å²) in [5.74, 6) is 0.290. The van der Waals surface area contributed by atoms with Crippen molar-refractivity contribution in [1.29, 1.82) is 0 Å². The summed E-state index contributed by atoms with van der Waals surface area (Å²) < 4.78 is 21.7. The van der Waals surface area contributed by atoms with Crippen LogP contribution in [0.15, 0.2) is 47.6 Å². The van der Waals surface area contributed by atoms with Crippen LogP contribution in [-0.2, 0) is 14.4 Å². The summed E-state index contributed by atoms with van der Waals surface area (Å²) in [6.07, 6.45) is -0.605. The summed E-state index contributed by atoms with van der Waals surface area (Å²) in [5, 5.41) is 4.24. The van der Waals surface area contributed by atoms with E-state index in [9.17, 15) is 4.79 Å². The maximum absolute atomic E-state index is 12.8. The largest absolute Gasteiger partial charge is 0.496 e. The van der Waals surface area contributed by atoms with Gasteiger partial charge in [0.05, 0.1) is 33.5 Å². The highest BCUT2D eigenvalue weighted by molar-refractivity contribution is 6.15. The number of rotatable bonds is 7.